The third-order valence-electron chi connectivity index (χ3n) is 3.12. The van der Waals surface area contributed by atoms with Gasteiger partial charge in [0.15, 0.2) is 5.60 Å². The molecule has 20 heavy (non-hydrogen) atoms. The fourth-order valence-electron chi connectivity index (χ4n) is 2.00. The molecule has 5 heteroatoms. The average molecular weight is 293 g/mol. The van der Waals surface area contributed by atoms with Gasteiger partial charge >= 0.3 is 5.43 Å². The normalized spacial score (nSPS) is 11.1. The highest BCUT2D eigenvalue weighted by Gasteiger charge is 2.33. The van der Waals surface area contributed by atoms with E-state index in [2.05, 4.69) is 0 Å². The van der Waals surface area contributed by atoms with Crippen molar-refractivity contribution in [1.29, 1.82) is 0 Å². The van der Waals surface area contributed by atoms with E-state index in [1.807, 2.05) is 0 Å². The smallest absolute Gasteiger partial charge is 0.404 e. The summed E-state index contributed by atoms with van der Waals surface area (Å²) in [4.78, 5) is 11.2. The fraction of sp³-hybridized carbons (Fsp3) is 0.133. The van der Waals surface area contributed by atoms with Gasteiger partial charge in [0, 0.05) is 22.7 Å². The first-order valence-corrected chi connectivity index (χ1v) is 6.27. The van der Waals surface area contributed by atoms with Crippen molar-refractivity contribution < 1.29 is 19.7 Å². The maximum absolute atomic E-state index is 11.2. The number of halogens is 1. The van der Waals surface area contributed by atoms with Crippen LogP contribution in [0.1, 0.15) is 18.1 Å². The molecule has 0 aliphatic carbocycles. The van der Waals surface area contributed by atoms with Crippen molar-refractivity contribution in [1.82, 2.24) is 0 Å². The van der Waals surface area contributed by atoms with Gasteiger partial charge in [-0.3, -0.25) is 0 Å². The van der Waals surface area contributed by atoms with Crippen molar-refractivity contribution in [3.05, 3.63) is 59.7 Å². The van der Waals surface area contributed by atoms with Crippen LogP contribution in [0.25, 0.3) is 0 Å². The molecule has 0 heterocycles. The van der Waals surface area contributed by atoms with Crippen molar-refractivity contribution in [3.63, 3.8) is 0 Å². The number of rotatable bonds is 3. The molecule has 2 N–H and O–H groups in total. The first kappa shape index (κ1) is 14.2. The molecule has 2 aromatic rings. The molecule has 0 atom stereocenters. The lowest BCUT2D eigenvalue weighted by Crippen LogP contribution is -2.28. The topological polar surface area (TPSA) is 66.8 Å². The largest absolute Gasteiger partial charge is 0.508 e. The first-order valence-electron chi connectivity index (χ1n) is 5.89. The average Bonchev–Trinajstić information content (AvgIpc) is 2.39. The highest BCUT2D eigenvalue weighted by molar-refractivity contribution is 6.61. The fourth-order valence-corrected chi connectivity index (χ4v) is 2.16. The van der Waals surface area contributed by atoms with Crippen molar-refractivity contribution in [3.8, 4) is 11.5 Å². The molecule has 2 rings (SSSR count). The van der Waals surface area contributed by atoms with Gasteiger partial charge in [0.05, 0.1) is 0 Å². The van der Waals surface area contributed by atoms with E-state index in [4.69, 9.17) is 16.3 Å². The van der Waals surface area contributed by atoms with Crippen LogP contribution in [0, 0.1) is 0 Å². The van der Waals surface area contributed by atoms with E-state index in [9.17, 15) is 15.0 Å². The van der Waals surface area contributed by atoms with Crippen molar-refractivity contribution in [2.24, 2.45) is 0 Å². The molecule has 104 valence electrons. The third-order valence-corrected chi connectivity index (χ3v) is 3.20. The van der Waals surface area contributed by atoms with Gasteiger partial charge in [0.1, 0.15) is 11.5 Å². The first-order chi connectivity index (χ1) is 9.41. The maximum atomic E-state index is 11.2. The zero-order valence-corrected chi connectivity index (χ0v) is 11.5. The van der Waals surface area contributed by atoms with E-state index in [-0.39, 0.29) is 11.5 Å². The lowest BCUT2D eigenvalue weighted by Gasteiger charge is -2.29. The van der Waals surface area contributed by atoms with Gasteiger partial charge < -0.3 is 14.9 Å². The molecule has 0 aromatic heterocycles. The van der Waals surface area contributed by atoms with Crippen molar-refractivity contribution in [2.75, 3.05) is 0 Å². The molecule has 0 saturated heterocycles. The number of carbonyl (C=O) groups is 1. The van der Waals surface area contributed by atoms with Crippen LogP contribution in [0.4, 0.5) is 4.79 Å². The Kier molecular flexibility index (Phi) is 3.86. The van der Waals surface area contributed by atoms with Gasteiger partial charge in [-0.2, -0.15) is 0 Å². The summed E-state index contributed by atoms with van der Waals surface area (Å²) >= 11 is 5.36. The molecule has 0 saturated carbocycles. The van der Waals surface area contributed by atoms with E-state index >= 15 is 0 Å². The SMILES string of the molecule is CC(OC(=O)Cl)(c1ccc(O)cc1)c1ccc(O)cc1. The second-order valence-corrected chi connectivity index (χ2v) is 4.78. The number of aromatic hydroxyl groups is 2. The van der Waals surface area contributed by atoms with Crippen LogP contribution < -0.4 is 0 Å². The van der Waals surface area contributed by atoms with E-state index < -0.39 is 11.0 Å². The predicted octanol–water partition coefficient (Wildman–Crippen LogP) is 3.74. The Morgan fingerprint density at radius 2 is 1.30 bits per heavy atom. The van der Waals surface area contributed by atoms with Gasteiger partial charge in [0.25, 0.3) is 0 Å². The van der Waals surface area contributed by atoms with Crippen LogP contribution in [-0.4, -0.2) is 15.6 Å². The summed E-state index contributed by atoms with van der Waals surface area (Å²) in [5, 5.41) is 18.7. The third kappa shape index (κ3) is 2.86. The summed E-state index contributed by atoms with van der Waals surface area (Å²) in [5.41, 5.74) is -0.751. The Morgan fingerprint density at radius 3 is 1.60 bits per heavy atom. The molecule has 0 aliphatic heterocycles. The summed E-state index contributed by atoms with van der Waals surface area (Å²) in [7, 11) is 0. The minimum atomic E-state index is -1.11. The van der Waals surface area contributed by atoms with Crippen LogP contribution in [0.5, 0.6) is 11.5 Å². The molecule has 0 aliphatic rings. The van der Waals surface area contributed by atoms with Crippen molar-refractivity contribution >= 4 is 17.0 Å². The number of benzene rings is 2. The van der Waals surface area contributed by atoms with Crippen LogP contribution in [0.3, 0.4) is 0 Å². The quantitative estimate of drug-likeness (QED) is 0.846. The highest BCUT2D eigenvalue weighted by Crippen LogP contribution is 2.35. The number of hydrogen-bond acceptors (Lipinski definition) is 4. The molecule has 4 nitrogen and oxygen atoms in total. The van der Waals surface area contributed by atoms with E-state index in [0.29, 0.717) is 11.1 Å². The zero-order chi connectivity index (χ0) is 14.8. The van der Waals surface area contributed by atoms with Gasteiger partial charge in [-0.05, 0) is 31.2 Å². The number of phenols is 2. The maximum Gasteiger partial charge on any atom is 0.404 e. The van der Waals surface area contributed by atoms with Crippen LogP contribution in [0.2, 0.25) is 0 Å². The summed E-state index contributed by atoms with van der Waals surface area (Å²) in [6.45, 7) is 1.69. The summed E-state index contributed by atoms with van der Waals surface area (Å²) in [6.07, 6.45) is 0. The Bertz CT molecular complexity index is 559. The Morgan fingerprint density at radius 1 is 0.950 bits per heavy atom. The molecule has 0 fully saturated rings. The van der Waals surface area contributed by atoms with Crippen LogP contribution >= 0.6 is 11.6 Å². The molecular weight excluding hydrogens is 280 g/mol. The molecule has 0 spiro atoms. The lowest BCUT2D eigenvalue weighted by molar-refractivity contribution is 0.0723. The monoisotopic (exact) mass is 292 g/mol. The molecule has 0 bridgehead atoms. The van der Waals surface area contributed by atoms with Gasteiger partial charge in [-0.1, -0.05) is 24.3 Å². The molecular formula is C15H13ClO4. The van der Waals surface area contributed by atoms with Gasteiger partial charge in [-0.15, -0.1) is 0 Å². The standard InChI is InChI=1S/C15H13ClO4/c1-15(20-14(16)19,10-2-6-12(17)7-3-10)11-4-8-13(18)9-5-11/h2-9,17-18H,1H3. The molecule has 0 amide bonds. The summed E-state index contributed by atoms with van der Waals surface area (Å²) in [5.74, 6) is 0.220. The summed E-state index contributed by atoms with van der Waals surface area (Å²) < 4.78 is 5.25. The number of carbonyl (C=O) groups excluding carboxylic acids is 1. The van der Waals surface area contributed by atoms with E-state index in [1.165, 1.54) is 24.3 Å². The number of hydrogen-bond donors (Lipinski definition) is 2. The Balaban J connectivity index is 2.52. The second kappa shape index (κ2) is 5.43. The van der Waals surface area contributed by atoms with E-state index in [0.717, 1.165) is 0 Å². The van der Waals surface area contributed by atoms with Crippen LogP contribution in [-0.2, 0) is 10.3 Å². The molecule has 2 aromatic carbocycles. The summed E-state index contributed by atoms with van der Waals surface area (Å²) in [6, 6.07) is 12.5. The second-order valence-electron chi connectivity index (χ2n) is 4.47. The van der Waals surface area contributed by atoms with Crippen LogP contribution in [0.15, 0.2) is 48.5 Å². The Hall–Kier alpha value is -2.20. The predicted molar refractivity (Wildman–Crippen MR) is 75.0 cm³/mol. The number of phenolic OH excluding ortho intramolecular Hbond substituents is 2. The number of ether oxygens (including phenoxy) is 1. The zero-order valence-electron chi connectivity index (χ0n) is 10.7. The molecule has 0 radical (unpaired) electrons. The van der Waals surface area contributed by atoms with Gasteiger partial charge in [0.2, 0.25) is 0 Å². The minimum absolute atomic E-state index is 0.110. The Labute approximate surface area is 121 Å². The minimum Gasteiger partial charge on any atom is -0.508 e. The van der Waals surface area contributed by atoms with Crippen molar-refractivity contribution in [2.45, 2.75) is 12.5 Å². The lowest BCUT2D eigenvalue weighted by atomic mass is 9.88. The molecule has 0 unspecified atom stereocenters. The highest BCUT2D eigenvalue weighted by atomic mass is 35.5. The van der Waals surface area contributed by atoms with E-state index in [1.54, 1.807) is 31.2 Å². The van der Waals surface area contributed by atoms with Gasteiger partial charge in [-0.25, -0.2) is 4.79 Å².